The lowest BCUT2D eigenvalue weighted by molar-refractivity contribution is 0.625. The lowest BCUT2D eigenvalue weighted by Gasteiger charge is -2.09. The smallest absolute Gasteiger partial charge is 0.148 e. The molecular formula is C11H7Br2ClFN3. The minimum absolute atomic E-state index is 0.283. The molecule has 2 rings (SSSR count). The van der Waals surface area contributed by atoms with E-state index >= 15 is 0 Å². The van der Waals surface area contributed by atoms with Gasteiger partial charge in [0.2, 0.25) is 0 Å². The predicted molar refractivity (Wildman–Crippen MR) is 76.2 cm³/mol. The number of benzene rings is 1. The Morgan fingerprint density at radius 2 is 2.06 bits per heavy atom. The molecule has 0 atom stereocenters. The van der Waals surface area contributed by atoms with Gasteiger partial charge in [-0.3, -0.25) is 0 Å². The fourth-order valence-electron chi connectivity index (χ4n) is 1.33. The predicted octanol–water partition coefficient (Wildman–Crippen LogP) is 4.41. The summed E-state index contributed by atoms with van der Waals surface area (Å²) in [5.41, 5.74) is 0.789. The first kappa shape index (κ1) is 13.7. The van der Waals surface area contributed by atoms with E-state index < -0.39 is 0 Å². The van der Waals surface area contributed by atoms with Gasteiger partial charge in [0.1, 0.15) is 23.1 Å². The third-order valence-corrected chi connectivity index (χ3v) is 4.24. The zero-order valence-corrected chi connectivity index (χ0v) is 12.9. The molecular weight excluding hydrogens is 388 g/mol. The third-order valence-electron chi connectivity index (χ3n) is 2.20. The maximum absolute atomic E-state index is 13.1. The number of rotatable bonds is 3. The second kappa shape index (κ2) is 5.95. The Balaban J connectivity index is 2.16. The van der Waals surface area contributed by atoms with Crippen LogP contribution in [-0.2, 0) is 6.54 Å². The van der Waals surface area contributed by atoms with Crippen LogP contribution in [0.5, 0.6) is 0 Å². The van der Waals surface area contributed by atoms with Crippen molar-refractivity contribution in [3.8, 4) is 0 Å². The molecule has 0 aliphatic rings. The maximum atomic E-state index is 13.1. The number of nitrogens with one attached hydrogen (secondary N) is 1. The van der Waals surface area contributed by atoms with Crippen molar-refractivity contribution in [3.63, 3.8) is 0 Å². The highest BCUT2D eigenvalue weighted by Crippen LogP contribution is 2.27. The molecule has 94 valence electrons. The lowest BCUT2D eigenvalue weighted by Crippen LogP contribution is -2.04. The quantitative estimate of drug-likeness (QED) is 0.783. The van der Waals surface area contributed by atoms with Crippen LogP contribution in [0.15, 0.2) is 33.5 Å². The molecule has 18 heavy (non-hydrogen) atoms. The largest absolute Gasteiger partial charge is 0.365 e. The van der Waals surface area contributed by atoms with Crippen molar-refractivity contribution in [1.29, 1.82) is 0 Å². The van der Waals surface area contributed by atoms with Gasteiger partial charge in [-0.15, -0.1) is 0 Å². The number of aromatic nitrogens is 2. The van der Waals surface area contributed by atoms with Crippen LogP contribution in [0.3, 0.4) is 0 Å². The maximum Gasteiger partial charge on any atom is 0.148 e. The minimum atomic E-state index is -0.283. The van der Waals surface area contributed by atoms with E-state index in [9.17, 15) is 4.39 Å². The average Bonchev–Trinajstić information content (AvgIpc) is 2.35. The van der Waals surface area contributed by atoms with Gasteiger partial charge in [0.05, 0.1) is 4.47 Å². The molecule has 0 spiro atoms. The van der Waals surface area contributed by atoms with Gasteiger partial charge >= 0.3 is 0 Å². The number of hydrogen-bond donors (Lipinski definition) is 1. The monoisotopic (exact) mass is 393 g/mol. The lowest BCUT2D eigenvalue weighted by atomic mass is 10.2. The molecule has 0 saturated heterocycles. The molecule has 0 aliphatic carbocycles. The first-order valence-corrected chi connectivity index (χ1v) is 6.88. The third kappa shape index (κ3) is 3.18. The highest BCUT2D eigenvalue weighted by molar-refractivity contribution is 9.11. The van der Waals surface area contributed by atoms with Crippen LogP contribution in [0, 0.1) is 5.82 Å². The first-order valence-electron chi connectivity index (χ1n) is 4.91. The standard InChI is InChI=1S/C11H7Br2ClFN3/c12-8-2-1-7(15)3-6(8)4-16-11-9(13)10(14)17-5-18-11/h1-3,5H,4H2,(H,16,17,18). The first-order chi connectivity index (χ1) is 8.58. The van der Waals surface area contributed by atoms with Crippen LogP contribution < -0.4 is 5.32 Å². The highest BCUT2D eigenvalue weighted by atomic mass is 79.9. The normalized spacial score (nSPS) is 10.4. The van der Waals surface area contributed by atoms with E-state index in [1.165, 1.54) is 18.5 Å². The molecule has 2 aromatic rings. The van der Waals surface area contributed by atoms with Crippen LogP contribution in [-0.4, -0.2) is 9.97 Å². The van der Waals surface area contributed by atoms with Crippen molar-refractivity contribution in [2.75, 3.05) is 5.32 Å². The van der Waals surface area contributed by atoms with Crippen LogP contribution in [0.2, 0.25) is 5.15 Å². The molecule has 0 aliphatic heterocycles. The molecule has 0 saturated carbocycles. The molecule has 1 aromatic heterocycles. The molecule has 0 fully saturated rings. The van der Waals surface area contributed by atoms with Gasteiger partial charge in [-0.25, -0.2) is 14.4 Å². The Kier molecular flexibility index (Phi) is 4.53. The zero-order valence-electron chi connectivity index (χ0n) is 8.92. The number of nitrogens with zero attached hydrogens (tertiary/aromatic N) is 2. The van der Waals surface area contributed by atoms with E-state index in [4.69, 9.17) is 11.6 Å². The number of halogens is 4. The summed E-state index contributed by atoms with van der Waals surface area (Å²) in [5, 5.41) is 3.38. The summed E-state index contributed by atoms with van der Waals surface area (Å²) in [5.74, 6) is 0.279. The second-order valence-corrected chi connectivity index (χ2v) is 5.42. The van der Waals surface area contributed by atoms with Crippen molar-refractivity contribution in [2.24, 2.45) is 0 Å². The Morgan fingerprint density at radius 1 is 1.28 bits per heavy atom. The summed E-state index contributed by atoms with van der Waals surface area (Å²) >= 11 is 12.5. The summed E-state index contributed by atoms with van der Waals surface area (Å²) in [7, 11) is 0. The van der Waals surface area contributed by atoms with Crippen LogP contribution in [0.4, 0.5) is 10.2 Å². The molecule has 0 amide bonds. The summed E-state index contributed by atoms with van der Waals surface area (Å²) in [4.78, 5) is 7.87. The van der Waals surface area contributed by atoms with Crippen molar-refractivity contribution < 1.29 is 4.39 Å². The van der Waals surface area contributed by atoms with Crippen molar-refractivity contribution in [1.82, 2.24) is 9.97 Å². The van der Waals surface area contributed by atoms with E-state index in [0.717, 1.165) is 10.0 Å². The van der Waals surface area contributed by atoms with E-state index in [-0.39, 0.29) is 5.82 Å². The minimum Gasteiger partial charge on any atom is -0.365 e. The number of anilines is 1. The van der Waals surface area contributed by atoms with Gasteiger partial charge in [-0.05, 0) is 39.7 Å². The molecule has 3 nitrogen and oxygen atoms in total. The van der Waals surface area contributed by atoms with E-state index in [0.29, 0.717) is 22.0 Å². The summed E-state index contributed by atoms with van der Waals surface area (Å²) < 4.78 is 14.5. The topological polar surface area (TPSA) is 37.8 Å². The molecule has 1 heterocycles. The number of hydrogen-bond acceptors (Lipinski definition) is 3. The van der Waals surface area contributed by atoms with E-state index in [1.54, 1.807) is 6.07 Å². The zero-order chi connectivity index (χ0) is 13.1. The van der Waals surface area contributed by atoms with Gasteiger partial charge in [-0.1, -0.05) is 27.5 Å². The molecule has 1 N–H and O–H groups in total. The van der Waals surface area contributed by atoms with Crippen molar-refractivity contribution in [3.05, 3.63) is 50.0 Å². The Morgan fingerprint density at radius 3 is 2.83 bits per heavy atom. The van der Waals surface area contributed by atoms with E-state index in [1.807, 2.05) is 0 Å². The van der Waals surface area contributed by atoms with Gasteiger partial charge in [0.15, 0.2) is 0 Å². The Labute approximate surface area is 125 Å². The van der Waals surface area contributed by atoms with Gasteiger partial charge in [-0.2, -0.15) is 0 Å². The summed E-state index contributed by atoms with van der Waals surface area (Å²) in [6, 6.07) is 4.51. The second-order valence-electron chi connectivity index (χ2n) is 3.42. The van der Waals surface area contributed by atoms with E-state index in [2.05, 4.69) is 47.1 Å². The SMILES string of the molecule is Fc1ccc(Br)c(CNc2ncnc(Cl)c2Br)c1. The molecule has 1 aromatic carbocycles. The Hall–Kier alpha value is -0.720. The van der Waals surface area contributed by atoms with Crippen LogP contribution in [0.25, 0.3) is 0 Å². The van der Waals surface area contributed by atoms with Gasteiger partial charge in [0, 0.05) is 11.0 Å². The van der Waals surface area contributed by atoms with Gasteiger partial charge in [0.25, 0.3) is 0 Å². The molecule has 7 heteroatoms. The molecule has 0 bridgehead atoms. The molecule has 0 unspecified atom stereocenters. The van der Waals surface area contributed by atoms with Crippen molar-refractivity contribution >= 4 is 49.3 Å². The van der Waals surface area contributed by atoms with Crippen LogP contribution >= 0.6 is 43.5 Å². The van der Waals surface area contributed by atoms with Crippen LogP contribution in [0.1, 0.15) is 5.56 Å². The average molecular weight is 395 g/mol. The highest BCUT2D eigenvalue weighted by Gasteiger charge is 2.07. The fourth-order valence-corrected chi connectivity index (χ4v) is 2.19. The summed E-state index contributed by atoms with van der Waals surface area (Å²) in [6.07, 6.45) is 1.36. The Bertz CT molecular complexity index is 578. The van der Waals surface area contributed by atoms with Crippen molar-refractivity contribution in [2.45, 2.75) is 6.54 Å². The fraction of sp³-hybridized carbons (Fsp3) is 0.0909. The molecule has 0 radical (unpaired) electrons. The summed E-state index contributed by atoms with van der Waals surface area (Å²) in [6.45, 7) is 0.421. The van der Waals surface area contributed by atoms with Gasteiger partial charge < -0.3 is 5.32 Å².